The molecule has 2 rings (SSSR count). The number of nitrogens with two attached hydrogens (primary N) is 1. The van der Waals surface area contributed by atoms with Crippen LogP contribution in [0.4, 0.5) is 0 Å². The molecule has 0 aliphatic rings. The summed E-state index contributed by atoms with van der Waals surface area (Å²) in [5.41, 5.74) is 8.04. The van der Waals surface area contributed by atoms with E-state index in [-0.39, 0.29) is 18.9 Å². The summed E-state index contributed by atoms with van der Waals surface area (Å²) in [7, 11) is -3.56. The van der Waals surface area contributed by atoms with Crippen LogP contribution in [-0.2, 0) is 22.2 Å². The zero-order valence-electron chi connectivity index (χ0n) is 15.4. The monoisotopic (exact) mass is 390 g/mol. The Labute approximate surface area is 159 Å². The van der Waals surface area contributed by atoms with Crippen LogP contribution in [0.25, 0.3) is 0 Å². The number of carbonyl (C=O) groups is 1. The molecular weight excluding hydrogens is 363 g/mol. The molecule has 0 radical (unpaired) electrons. The van der Waals surface area contributed by atoms with Gasteiger partial charge in [0.1, 0.15) is 6.04 Å². The molecule has 0 bridgehead atoms. The zero-order valence-corrected chi connectivity index (χ0v) is 16.3. The highest BCUT2D eigenvalue weighted by Crippen LogP contribution is 2.42. The van der Waals surface area contributed by atoms with E-state index in [1.54, 1.807) is 0 Å². The molecule has 0 saturated heterocycles. The fourth-order valence-corrected chi connectivity index (χ4v) is 3.99. The van der Waals surface area contributed by atoms with Gasteiger partial charge in [-0.25, -0.2) is 0 Å². The zero-order chi connectivity index (χ0) is 19.9. The summed E-state index contributed by atoms with van der Waals surface area (Å²) in [6, 6.07) is 17.5. The summed E-state index contributed by atoms with van der Waals surface area (Å²) >= 11 is 0. The third-order valence-corrected chi connectivity index (χ3v) is 5.91. The first-order chi connectivity index (χ1) is 12.8. The highest BCUT2D eigenvalue weighted by atomic mass is 31.2. The lowest BCUT2D eigenvalue weighted by Gasteiger charge is -2.27. The Hall–Kier alpha value is -1.98. The van der Waals surface area contributed by atoms with Crippen LogP contribution in [0.2, 0.25) is 0 Å². The van der Waals surface area contributed by atoms with Gasteiger partial charge in [0, 0.05) is 12.7 Å². The lowest BCUT2D eigenvalue weighted by atomic mass is 10.00. The maximum absolute atomic E-state index is 12.3. The Morgan fingerprint density at radius 3 is 1.96 bits per heavy atom. The number of carboxylic acids is 1. The molecule has 2 aromatic carbocycles. The van der Waals surface area contributed by atoms with E-state index < -0.39 is 25.2 Å². The van der Waals surface area contributed by atoms with Crippen molar-refractivity contribution in [3.05, 3.63) is 71.8 Å². The number of hydrogen-bond acceptors (Lipinski definition) is 4. The maximum Gasteiger partial charge on any atom is 0.320 e. The molecule has 4 atom stereocenters. The van der Waals surface area contributed by atoms with E-state index in [2.05, 4.69) is 5.32 Å². The van der Waals surface area contributed by atoms with Crippen LogP contribution in [0.1, 0.15) is 17.5 Å². The van der Waals surface area contributed by atoms with Crippen molar-refractivity contribution in [3.8, 4) is 0 Å². The molecule has 27 heavy (non-hydrogen) atoms. The molecule has 0 spiro atoms. The molecule has 2 aromatic rings. The smallest absolute Gasteiger partial charge is 0.320 e. The van der Waals surface area contributed by atoms with Gasteiger partial charge < -0.3 is 15.7 Å². The fraction of sp³-hybridized carbons (Fsp3) is 0.350. The van der Waals surface area contributed by atoms with Gasteiger partial charge in [-0.05, 0) is 30.4 Å². The standard InChI is InChI=1S/C20H27N2O4P/c1-27(25,26)19(13-16-10-6-3-7-11-16)22-18(20(23)24)14-17(21)12-15-8-4-2-5-9-15/h2-11,17-19,22H,12-14,21H2,1H3,(H,23,24)(H,25,26). The first-order valence-corrected chi connectivity index (χ1v) is 11.1. The number of hydrogen-bond donors (Lipinski definition) is 4. The molecule has 0 amide bonds. The normalized spacial score (nSPS) is 16.9. The van der Waals surface area contributed by atoms with Crippen molar-refractivity contribution in [2.24, 2.45) is 5.73 Å². The van der Waals surface area contributed by atoms with Crippen LogP contribution in [0.15, 0.2) is 60.7 Å². The van der Waals surface area contributed by atoms with Crippen molar-refractivity contribution in [3.63, 3.8) is 0 Å². The first kappa shape index (κ1) is 21.3. The molecule has 7 heteroatoms. The predicted octanol–water partition coefficient (Wildman–Crippen LogP) is 2.46. The largest absolute Gasteiger partial charge is 0.480 e. The minimum atomic E-state index is -3.56. The number of benzene rings is 2. The molecule has 5 N–H and O–H groups in total. The molecule has 0 saturated carbocycles. The molecule has 6 nitrogen and oxygen atoms in total. The van der Waals surface area contributed by atoms with Gasteiger partial charge in [0.15, 0.2) is 0 Å². The van der Waals surface area contributed by atoms with Crippen molar-refractivity contribution < 1.29 is 19.4 Å². The van der Waals surface area contributed by atoms with Gasteiger partial charge in [-0.3, -0.25) is 14.7 Å². The lowest BCUT2D eigenvalue weighted by molar-refractivity contribution is -0.139. The van der Waals surface area contributed by atoms with E-state index in [1.807, 2.05) is 60.7 Å². The van der Waals surface area contributed by atoms with Crippen molar-refractivity contribution >= 4 is 13.3 Å². The second-order valence-electron chi connectivity index (χ2n) is 6.89. The molecule has 146 valence electrons. The Bertz CT molecular complexity index is 764. The highest BCUT2D eigenvalue weighted by Gasteiger charge is 2.31. The maximum atomic E-state index is 12.3. The number of carboxylic acid groups (broad SMARTS) is 1. The Kier molecular flexibility index (Phi) is 7.75. The fourth-order valence-electron chi connectivity index (χ4n) is 2.98. The SMILES string of the molecule is CP(=O)(O)C(Cc1ccccc1)NC(CC(N)Cc1ccccc1)C(=O)O. The van der Waals surface area contributed by atoms with E-state index >= 15 is 0 Å². The number of rotatable bonds is 10. The van der Waals surface area contributed by atoms with Crippen LogP contribution >= 0.6 is 7.37 Å². The minimum absolute atomic E-state index is 0.162. The molecular formula is C20H27N2O4P. The molecule has 0 aliphatic carbocycles. The Morgan fingerprint density at radius 2 is 1.52 bits per heavy atom. The third-order valence-electron chi connectivity index (χ3n) is 4.42. The topological polar surface area (TPSA) is 113 Å². The van der Waals surface area contributed by atoms with E-state index in [0.717, 1.165) is 11.1 Å². The van der Waals surface area contributed by atoms with Crippen LogP contribution in [-0.4, -0.2) is 40.5 Å². The summed E-state index contributed by atoms with van der Waals surface area (Å²) in [6.07, 6.45) is 0.969. The van der Waals surface area contributed by atoms with Gasteiger partial charge >= 0.3 is 5.97 Å². The molecule has 0 aromatic heterocycles. The summed E-state index contributed by atoms with van der Waals surface area (Å²) < 4.78 is 12.3. The second kappa shape index (κ2) is 9.81. The average Bonchev–Trinajstić information content (AvgIpc) is 2.61. The minimum Gasteiger partial charge on any atom is -0.480 e. The van der Waals surface area contributed by atoms with Gasteiger partial charge in [0.05, 0.1) is 5.78 Å². The third kappa shape index (κ3) is 7.27. The molecule has 0 aliphatic heterocycles. The van der Waals surface area contributed by atoms with Gasteiger partial charge in [-0.2, -0.15) is 0 Å². The molecule has 0 fully saturated rings. The van der Waals surface area contributed by atoms with Crippen molar-refractivity contribution in [2.75, 3.05) is 6.66 Å². The highest BCUT2D eigenvalue weighted by molar-refractivity contribution is 7.57. The van der Waals surface area contributed by atoms with Gasteiger partial charge in [0.25, 0.3) is 0 Å². The summed E-state index contributed by atoms with van der Waals surface area (Å²) in [5.74, 6) is -1.94. The van der Waals surface area contributed by atoms with E-state index in [9.17, 15) is 19.4 Å². The van der Waals surface area contributed by atoms with Crippen molar-refractivity contribution in [2.45, 2.75) is 37.1 Å². The molecule has 4 unspecified atom stereocenters. The first-order valence-electron chi connectivity index (χ1n) is 8.88. The van der Waals surface area contributed by atoms with Gasteiger partial charge in [-0.1, -0.05) is 60.7 Å². The van der Waals surface area contributed by atoms with E-state index in [4.69, 9.17) is 5.73 Å². The van der Waals surface area contributed by atoms with E-state index in [0.29, 0.717) is 6.42 Å². The van der Waals surface area contributed by atoms with Crippen LogP contribution in [0.3, 0.4) is 0 Å². The van der Waals surface area contributed by atoms with Crippen molar-refractivity contribution in [1.29, 1.82) is 0 Å². The van der Waals surface area contributed by atoms with Gasteiger partial charge in [0.2, 0.25) is 7.37 Å². The Balaban J connectivity index is 2.06. The quantitative estimate of drug-likeness (QED) is 0.464. The summed E-state index contributed by atoms with van der Waals surface area (Å²) in [5, 5.41) is 12.4. The van der Waals surface area contributed by atoms with Gasteiger partial charge in [-0.15, -0.1) is 0 Å². The number of aliphatic carboxylic acids is 1. The average molecular weight is 390 g/mol. The van der Waals surface area contributed by atoms with E-state index in [1.165, 1.54) is 6.66 Å². The van der Waals surface area contributed by atoms with Crippen LogP contribution < -0.4 is 11.1 Å². The lowest BCUT2D eigenvalue weighted by Crippen LogP contribution is -2.47. The predicted molar refractivity (Wildman–Crippen MR) is 107 cm³/mol. The van der Waals surface area contributed by atoms with Crippen LogP contribution in [0, 0.1) is 0 Å². The number of nitrogens with one attached hydrogen (secondary N) is 1. The Morgan fingerprint density at radius 1 is 1.04 bits per heavy atom. The van der Waals surface area contributed by atoms with Crippen molar-refractivity contribution in [1.82, 2.24) is 5.32 Å². The second-order valence-corrected chi connectivity index (χ2v) is 9.40. The van der Waals surface area contributed by atoms with Crippen LogP contribution in [0.5, 0.6) is 0 Å². The molecule has 0 heterocycles. The summed E-state index contributed by atoms with van der Waals surface area (Å²) in [4.78, 5) is 21.8. The summed E-state index contributed by atoms with van der Waals surface area (Å²) in [6.45, 7) is 1.25.